The second-order valence-corrected chi connectivity index (χ2v) is 8.74. The summed E-state index contributed by atoms with van der Waals surface area (Å²) in [6, 6.07) is 10.1. The predicted octanol–water partition coefficient (Wildman–Crippen LogP) is 5.51. The average molecular weight is 461 g/mol. The van der Waals surface area contributed by atoms with E-state index in [0.29, 0.717) is 5.92 Å². The predicted molar refractivity (Wildman–Crippen MR) is 130 cm³/mol. The monoisotopic (exact) mass is 460 g/mol. The molecular formula is C28H28O6. The molecule has 1 unspecified atom stereocenters. The molecule has 1 aliphatic rings. The zero-order valence-corrected chi connectivity index (χ0v) is 19.7. The number of ketones is 2. The van der Waals surface area contributed by atoms with Crippen molar-refractivity contribution in [3.8, 4) is 11.5 Å². The molecule has 0 radical (unpaired) electrons. The molecule has 6 nitrogen and oxygen atoms in total. The third kappa shape index (κ3) is 5.52. The van der Waals surface area contributed by atoms with Crippen molar-refractivity contribution in [2.24, 2.45) is 0 Å². The van der Waals surface area contributed by atoms with Crippen molar-refractivity contribution in [1.82, 2.24) is 0 Å². The summed E-state index contributed by atoms with van der Waals surface area (Å²) in [7, 11) is 0. The number of hydrogen-bond acceptors (Lipinski definition) is 6. The molecule has 1 aliphatic carbocycles. The van der Waals surface area contributed by atoms with Crippen LogP contribution < -0.4 is 0 Å². The number of phenols is 2. The number of allylic oxidation sites excluding steroid dienone is 2. The van der Waals surface area contributed by atoms with Crippen LogP contribution in [0.1, 0.15) is 71.9 Å². The second kappa shape index (κ2) is 10.3. The molecule has 0 bridgehead atoms. The van der Waals surface area contributed by atoms with E-state index in [9.17, 15) is 24.6 Å². The lowest BCUT2D eigenvalue weighted by Gasteiger charge is -2.23. The van der Waals surface area contributed by atoms with E-state index in [1.54, 1.807) is 12.2 Å². The quantitative estimate of drug-likeness (QED) is 0.245. The molecule has 2 N–H and O–H groups in total. The Balaban J connectivity index is 1.86. The van der Waals surface area contributed by atoms with Crippen LogP contribution in [0, 0.1) is 0 Å². The van der Waals surface area contributed by atoms with Gasteiger partial charge < -0.3 is 14.9 Å². The topological polar surface area (TPSA) is 101 Å². The lowest BCUT2D eigenvalue weighted by molar-refractivity contribution is -0.140. The molecule has 34 heavy (non-hydrogen) atoms. The summed E-state index contributed by atoms with van der Waals surface area (Å²) in [4.78, 5) is 38.4. The van der Waals surface area contributed by atoms with Gasteiger partial charge in [0.25, 0.3) is 0 Å². The van der Waals surface area contributed by atoms with Crippen LogP contribution in [0.3, 0.4) is 0 Å². The Morgan fingerprint density at radius 3 is 2.18 bits per heavy atom. The van der Waals surface area contributed by atoms with E-state index in [2.05, 4.69) is 13.8 Å². The van der Waals surface area contributed by atoms with Crippen LogP contribution in [0.15, 0.2) is 65.8 Å². The fourth-order valence-electron chi connectivity index (χ4n) is 3.64. The fraction of sp³-hybridized carbons (Fsp3) is 0.250. The van der Waals surface area contributed by atoms with E-state index in [-0.39, 0.29) is 23.1 Å². The standard InChI is InChI=1S/C28H28O6/c1-16(2)5-13-24(34-25(32)14-8-18-6-9-19(10-7-18)17(3)4)20-15-23(31)26-21(29)11-12-22(30)27(26)28(20)33/h5-12,14-15,17,24,29-30H,13H2,1-4H3/b14-8+. The summed E-state index contributed by atoms with van der Waals surface area (Å²) in [5.41, 5.74) is 2.34. The van der Waals surface area contributed by atoms with E-state index in [1.165, 1.54) is 11.6 Å². The van der Waals surface area contributed by atoms with Gasteiger partial charge in [-0.1, -0.05) is 49.8 Å². The molecule has 3 rings (SSSR count). The van der Waals surface area contributed by atoms with Crippen LogP contribution in [-0.4, -0.2) is 33.9 Å². The molecule has 1 atom stereocenters. The highest BCUT2D eigenvalue weighted by Crippen LogP contribution is 2.36. The summed E-state index contributed by atoms with van der Waals surface area (Å²) in [5, 5.41) is 20.2. The Hall–Kier alpha value is -3.93. The lowest BCUT2D eigenvalue weighted by Crippen LogP contribution is -2.28. The first-order valence-corrected chi connectivity index (χ1v) is 11.1. The van der Waals surface area contributed by atoms with Gasteiger partial charge in [-0.15, -0.1) is 0 Å². The summed E-state index contributed by atoms with van der Waals surface area (Å²) in [6.07, 6.45) is 4.88. The van der Waals surface area contributed by atoms with Gasteiger partial charge in [-0.3, -0.25) is 9.59 Å². The Labute approximate surface area is 198 Å². The number of Topliss-reactive ketones (excluding diaryl/α,β-unsaturated/α-hetero) is 1. The highest BCUT2D eigenvalue weighted by molar-refractivity contribution is 6.27. The second-order valence-electron chi connectivity index (χ2n) is 8.74. The van der Waals surface area contributed by atoms with E-state index >= 15 is 0 Å². The van der Waals surface area contributed by atoms with Gasteiger partial charge in [-0.25, -0.2) is 4.79 Å². The van der Waals surface area contributed by atoms with Crippen LogP contribution in [0.25, 0.3) is 6.08 Å². The third-order valence-corrected chi connectivity index (χ3v) is 5.54. The van der Waals surface area contributed by atoms with Gasteiger partial charge in [0.1, 0.15) is 17.6 Å². The molecule has 0 heterocycles. The highest BCUT2D eigenvalue weighted by atomic mass is 16.5. The Morgan fingerprint density at radius 2 is 1.59 bits per heavy atom. The van der Waals surface area contributed by atoms with Crippen LogP contribution in [-0.2, 0) is 9.53 Å². The summed E-state index contributed by atoms with van der Waals surface area (Å²) < 4.78 is 5.57. The van der Waals surface area contributed by atoms with Gasteiger partial charge in [0.2, 0.25) is 0 Å². The summed E-state index contributed by atoms with van der Waals surface area (Å²) in [5.74, 6) is -2.41. The Morgan fingerprint density at radius 1 is 0.971 bits per heavy atom. The first kappa shape index (κ1) is 24.7. The fourth-order valence-corrected chi connectivity index (χ4v) is 3.64. The number of hydrogen-bond donors (Lipinski definition) is 2. The molecule has 0 aliphatic heterocycles. The van der Waals surface area contributed by atoms with Gasteiger partial charge in [-0.05, 0) is 55.2 Å². The summed E-state index contributed by atoms with van der Waals surface area (Å²) >= 11 is 0. The molecule has 176 valence electrons. The molecular weight excluding hydrogens is 432 g/mol. The maximum atomic E-state index is 13.1. The average Bonchev–Trinajstić information content (AvgIpc) is 2.79. The third-order valence-electron chi connectivity index (χ3n) is 5.54. The van der Waals surface area contributed by atoms with E-state index in [4.69, 9.17) is 4.74 Å². The first-order valence-electron chi connectivity index (χ1n) is 11.1. The molecule has 0 aromatic heterocycles. The van der Waals surface area contributed by atoms with Crippen LogP contribution in [0.4, 0.5) is 0 Å². The van der Waals surface area contributed by atoms with Gasteiger partial charge >= 0.3 is 5.97 Å². The normalized spacial score (nSPS) is 14.1. The lowest BCUT2D eigenvalue weighted by atomic mass is 9.85. The van der Waals surface area contributed by atoms with Gasteiger partial charge in [0, 0.05) is 18.1 Å². The zero-order chi connectivity index (χ0) is 25.0. The maximum Gasteiger partial charge on any atom is 0.331 e. The van der Waals surface area contributed by atoms with Crippen LogP contribution in [0.5, 0.6) is 11.5 Å². The molecule has 0 amide bonds. The summed E-state index contributed by atoms with van der Waals surface area (Å²) in [6.45, 7) is 7.92. The molecule has 0 spiro atoms. The number of benzene rings is 2. The van der Waals surface area contributed by atoms with E-state index in [0.717, 1.165) is 29.3 Å². The van der Waals surface area contributed by atoms with E-state index in [1.807, 2.05) is 38.1 Å². The number of carbonyl (C=O) groups is 3. The van der Waals surface area contributed by atoms with Crippen LogP contribution >= 0.6 is 0 Å². The minimum absolute atomic E-state index is 0.0565. The Kier molecular flexibility index (Phi) is 7.51. The van der Waals surface area contributed by atoms with Crippen molar-refractivity contribution in [2.45, 2.75) is 46.1 Å². The molecule has 2 aromatic rings. The number of fused-ring (bicyclic) bond motifs is 1. The molecule has 0 saturated heterocycles. The molecule has 2 aromatic carbocycles. The minimum Gasteiger partial charge on any atom is -0.507 e. The minimum atomic E-state index is -1.04. The molecule has 0 fully saturated rings. The van der Waals surface area contributed by atoms with Crippen molar-refractivity contribution < 1.29 is 29.3 Å². The highest BCUT2D eigenvalue weighted by Gasteiger charge is 2.35. The zero-order valence-electron chi connectivity index (χ0n) is 19.7. The number of phenolic OH excluding ortho intramolecular Hbond substituents is 2. The van der Waals surface area contributed by atoms with Crippen molar-refractivity contribution in [1.29, 1.82) is 0 Å². The van der Waals surface area contributed by atoms with E-state index < -0.39 is 35.1 Å². The number of esters is 1. The number of rotatable bonds is 7. The largest absolute Gasteiger partial charge is 0.507 e. The molecule has 6 heteroatoms. The Bertz CT molecular complexity index is 1210. The molecule has 0 saturated carbocycles. The van der Waals surface area contributed by atoms with Crippen molar-refractivity contribution in [3.63, 3.8) is 0 Å². The number of aromatic hydroxyl groups is 2. The SMILES string of the molecule is CC(C)=CCC(OC(=O)/C=C/c1ccc(C(C)C)cc1)C1=CC(=O)c2c(O)ccc(O)c2C1=O. The smallest absolute Gasteiger partial charge is 0.331 e. The van der Waals surface area contributed by atoms with Crippen molar-refractivity contribution in [3.05, 3.63) is 88.0 Å². The maximum absolute atomic E-state index is 13.1. The number of ether oxygens (including phenoxy) is 1. The van der Waals surface area contributed by atoms with Crippen molar-refractivity contribution >= 4 is 23.6 Å². The number of carbonyl (C=O) groups excluding carboxylic acids is 3. The van der Waals surface area contributed by atoms with Crippen LogP contribution in [0.2, 0.25) is 0 Å². The van der Waals surface area contributed by atoms with Gasteiger partial charge in [0.05, 0.1) is 11.1 Å². The first-order chi connectivity index (χ1) is 16.1. The van der Waals surface area contributed by atoms with Gasteiger partial charge in [-0.2, -0.15) is 0 Å². The van der Waals surface area contributed by atoms with Crippen molar-refractivity contribution in [2.75, 3.05) is 0 Å². The van der Waals surface area contributed by atoms with Gasteiger partial charge in [0.15, 0.2) is 11.6 Å².